The first-order valence-electron chi connectivity index (χ1n) is 4.94. The topological polar surface area (TPSA) is 104 Å². The summed E-state index contributed by atoms with van der Waals surface area (Å²) >= 11 is 0.722. The van der Waals surface area contributed by atoms with Gasteiger partial charge in [-0.1, -0.05) is 0 Å². The Bertz CT molecular complexity index is 569. The molecule has 0 aliphatic rings. The summed E-state index contributed by atoms with van der Waals surface area (Å²) in [6, 6.07) is 0. The number of carbonyl (C=O) groups is 1. The van der Waals surface area contributed by atoms with Gasteiger partial charge in [0.05, 0.1) is 0 Å². The third kappa shape index (κ3) is 3.69. The van der Waals surface area contributed by atoms with E-state index in [1.54, 1.807) is 4.72 Å². The predicted molar refractivity (Wildman–Crippen MR) is 63.2 cm³/mol. The highest BCUT2D eigenvalue weighted by molar-refractivity contribution is 7.89. The molecule has 0 aliphatic heterocycles. The largest absolute Gasteiger partial charge is 0.477 e. The number of aliphatic hydroxyl groups excluding tert-OH is 1. The fourth-order valence-corrected chi connectivity index (χ4v) is 3.95. The molecule has 0 fully saturated rings. The molecule has 0 amide bonds. The number of aliphatic hydroxyl groups is 1. The second-order valence-corrected chi connectivity index (χ2v) is 6.22. The molecule has 3 N–H and O–H groups in total. The van der Waals surface area contributed by atoms with Gasteiger partial charge in [0.1, 0.15) is 15.9 Å². The molecule has 0 aromatic carbocycles. The number of alkyl halides is 2. The molecule has 1 aromatic rings. The quantitative estimate of drug-likeness (QED) is 0.715. The molecule has 6 nitrogen and oxygen atoms in total. The lowest BCUT2D eigenvalue weighted by Gasteiger charge is -2.11. The van der Waals surface area contributed by atoms with Gasteiger partial charge in [-0.2, -0.15) is 0 Å². The average molecular weight is 315 g/mol. The molecule has 1 rings (SSSR count). The van der Waals surface area contributed by atoms with E-state index in [9.17, 15) is 22.0 Å². The van der Waals surface area contributed by atoms with E-state index in [4.69, 9.17) is 10.2 Å². The van der Waals surface area contributed by atoms with E-state index in [1.807, 2.05) is 0 Å². The molecular weight excluding hydrogens is 304 g/mol. The van der Waals surface area contributed by atoms with Gasteiger partial charge >= 0.3 is 5.97 Å². The molecular formula is C9H11F2NO5S2. The lowest BCUT2D eigenvalue weighted by molar-refractivity contribution is -0.000456. The lowest BCUT2D eigenvalue weighted by atomic mass is 10.3. The van der Waals surface area contributed by atoms with Gasteiger partial charge in [0.25, 0.3) is 6.43 Å². The number of aryl methyl sites for hydroxylation is 1. The molecule has 0 aliphatic carbocycles. The van der Waals surface area contributed by atoms with Gasteiger partial charge in [0.2, 0.25) is 10.0 Å². The Hall–Kier alpha value is -1.10. The number of thiophene rings is 1. The maximum absolute atomic E-state index is 12.1. The average Bonchev–Trinajstić information content (AvgIpc) is 2.68. The van der Waals surface area contributed by atoms with Crippen LogP contribution < -0.4 is 4.72 Å². The number of halogens is 2. The first-order chi connectivity index (χ1) is 8.66. The molecule has 1 unspecified atom stereocenters. The van der Waals surface area contributed by atoms with Gasteiger partial charge in [0, 0.05) is 6.54 Å². The maximum Gasteiger partial charge on any atom is 0.347 e. The zero-order chi connectivity index (χ0) is 14.8. The van der Waals surface area contributed by atoms with Crippen molar-refractivity contribution in [1.29, 1.82) is 0 Å². The minimum absolute atomic E-state index is 0.196. The molecule has 108 valence electrons. The molecule has 1 aromatic heterocycles. The van der Waals surface area contributed by atoms with Crippen LogP contribution in [0.15, 0.2) is 10.3 Å². The van der Waals surface area contributed by atoms with E-state index in [-0.39, 0.29) is 5.56 Å². The first-order valence-corrected chi connectivity index (χ1v) is 7.30. The van der Waals surface area contributed by atoms with Crippen molar-refractivity contribution in [3.63, 3.8) is 0 Å². The van der Waals surface area contributed by atoms with E-state index in [2.05, 4.69) is 0 Å². The normalized spacial score (nSPS) is 13.7. The van der Waals surface area contributed by atoms with Crippen molar-refractivity contribution in [2.45, 2.75) is 24.3 Å². The maximum atomic E-state index is 12.1. The zero-order valence-electron chi connectivity index (χ0n) is 9.63. The van der Waals surface area contributed by atoms with Crippen LogP contribution in [0, 0.1) is 6.92 Å². The summed E-state index contributed by atoms with van der Waals surface area (Å²) in [7, 11) is -4.27. The third-order valence-corrected chi connectivity index (χ3v) is 4.98. The highest BCUT2D eigenvalue weighted by atomic mass is 32.2. The highest BCUT2D eigenvalue weighted by Gasteiger charge is 2.28. The molecule has 0 saturated carbocycles. The van der Waals surface area contributed by atoms with Gasteiger partial charge in [-0.3, -0.25) is 0 Å². The molecule has 0 saturated heterocycles. The summed E-state index contributed by atoms with van der Waals surface area (Å²) in [5, 5.41) is 19.0. The fourth-order valence-electron chi connectivity index (χ4n) is 1.27. The minimum Gasteiger partial charge on any atom is -0.477 e. The Balaban J connectivity index is 3.01. The molecule has 1 heterocycles. The monoisotopic (exact) mass is 315 g/mol. The van der Waals surface area contributed by atoms with Gasteiger partial charge in [-0.15, -0.1) is 11.3 Å². The molecule has 0 spiro atoms. The summed E-state index contributed by atoms with van der Waals surface area (Å²) in [5.41, 5.74) is 0.196. The molecule has 0 bridgehead atoms. The number of hydrogen-bond donors (Lipinski definition) is 3. The number of sulfonamides is 1. The van der Waals surface area contributed by atoms with Crippen molar-refractivity contribution in [3.05, 3.63) is 15.8 Å². The highest BCUT2D eigenvalue weighted by Crippen LogP contribution is 2.26. The number of carboxylic acids is 1. The SMILES string of the molecule is Cc1csc(C(=O)O)c1S(=O)(=O)NCC(O)C(F)F. The fraction of sp³-hybridized carbons (Fsp3) is 0.444. The van der Waals surface area contributed by atoms with E-state index in [0.717, 1.165) is 11.3 Å². The molecule has 0 radical (unpaired) electrons. The molecule has 1 atom stereocenters. The van der Waals surface area contributed by atoms with Crippen LogP contribution >= 0.6 is 11.3 Å². The van der Waals surface area contributed by atoms with Crippen LogP contribution in [0.2, 0.25) is 0 Å². The van der Waals surface area contributed by atoms with E-state index in [0.29, 0.717) is 0 Å². The summed E-state index contributed by atoms with van der Waals surface area (Å²) in [5.74, 6) is -1.42. The van der Waals surface area contributed by atoms with Crippen LogP contribution in [-0.2, 0) is 10.0 Å². The molecule has 10 heteroatoms. The van der Waals surface area contributed by atoms with Crippen LogP contribution in [0.3, 0.4) is 0 Å². The number of aromatic carboxylic acids is 1. The predicted octanol–water partition coefficient (Wildman–Crippen LogP) is 0.659. The molecule has 19 heavy (non-hydrogen) atoms. The number of nitrogens with one attached hydrogen (secondary N) is 1. The van der Waals surface area contributed by atoms with Crippen LogP contribution in [0.5, 0.6) is 0 Å². The summed E-state index contributed by atoms with van der Waals surface area (Å²) in [4.78, 5) is 10.0. The van der Waals surface area contributed by atoms with Crippen molar-refractivity contribution in [2.24, 2.45) is 0 Å². The third-order valence-electron chi connectivity index (χ3n) is 2.15. The standard InChI is InChI=1S/C9H11F2NO5S2/c1-4-3-18-6(9(14)15)7(4)19(16,17)12-2-5(13)8(10)11/h3,5,8,12-13H,2H2,1H3,(H,14,15). The van der Waals surface area contributed by atoms with Crippen LogP contribution in [0.1, 0.15) is 15.2 Å². The van der Waals surface area contributed by atoms with Crippen molar-refractivity contribution < 1.29 is 32.2 Å². The zero-order valence-corrected chi connectivity index (χ0v) is 11.3. The lowest BCUT2D eigenvalue weighted by Crippen LogP contribution is -2.36. The number of hydrogen-bond acceptors (Lipinski definition) is 5. The van der Waals surface area contributed by atoms with Gasteiger partial charge in [-0.05, 0) is 17.9 Å². The summed E-state index contributed by atoms with van der Waals surface area (Å²) in [6.45, 7) is 0.495. The number of rotatable bonds is 6. The van der Waals surface area contributed by atoms with E-state index < -0.39 is 44.8 Å². The van der Waals surface area contributed by atoms with E-state index >= 15 is 0 Å². The summed E-state index contributed by atoms with van der Waals surface area (Å²) < 4.78 is 49.6. The van der Waals surface area contributed by atoms with Crippen molar-refractivity contribution in [2.75, 3.05) is 6.54 Å². The Kier molecular flexibility index (Phi) is 4.96. The second kappa shape index (κ2) is 5.90. The van der Waals surface area contributed by atoms with Crippen LogP contribution in [-0.4, -0.2) is 43.7 Å². The van der Waals surface area contributed by atoms with Gasteiger partial charge < -0.3 is 10.2 Å². The van der Waals surface area contributed by atoms with Crippen LogP contribution in [0.25, 0.3) is 0 Å². The van der Waals surface area contributed by atoms with Crippen molar-refractivity contribution >= 4 is 27.3 Å². The van der Waals surface area contributed by atoms with Gasteiger partial charge in [-0.25, -0.2) is 26.7 Å². The second-order valence-electron chi connectivity index (χ2n) is 3.64. The smallest absolute Gasteiger partial charge is 0.347 e. The Labute approximate surface area is 111 Å². The Morgan fingerprint density at radius 1 is 1.53 bits per heavy atom. The van der Waals surface area contributed by atoms with Crippen molar-refractivity contribution in [3.8, 4) is 0 Å². The number of carboxylic acid groups (broad SMARTS) is 1. The Morgan fingerprint density at radius 3 is 2.58 bits per heavy atom. The van der Waals surface area contributed by atoms with E-state index in [1.165, 1.54) is 12.3 Å². The van der Waals surface area contributed by atoms with Crippen molar-refractivity contribution in [1.82, 2.24) is 4.72 Å². The van der Waals surface area contributed by atoms with Gasteiger partial charge in [0.15, 0.2) is 0 Å². The summed E-state index contributed by atoms with van der Waals surface area (Å²) in [6.07, 6.45) is -5.24. The Morgan fingerprint density at radius 2 is 2.11 bits per heavy atom. The minimum atomic E-state index is -4.27. The van der Waals surface area contributed by atoms with Crippen LogP contribution in [0.4, 0.5) is 8.78 Å². The first kappa shape index (κ1) is 16.0.